The van der Waals surface area contributed by atoms with Crippen LogP contribution in [0.3, 0.4) is 0 Å². The van der Waals surface area contributed by atoms with Crippen molar-refractivity contribution >= 4 is 19.8 Å². The van der Waals surface area contributed by atoms with Gasteiger partial charge in [0, 0.05) is 0 Å². The van der Waals surface area contributed by atoms with Crippen molar-refractivity contribution in [2.24, 2.45) is 5.92 Å². The minimum absolute atomic E-state index is 0.687. The van der Waals surface area contributed by atoms with Crippen LogP contribution < -0.4 is 0 Å². The molecule has 0 aromatic heterocycles. The van der Waals surface area contributed by atoms with Crippen LogP contribution in [0.5, 0.6) is 0 Å². The molecule has 0 N–H and O–H groups in total. The summed E-state index contributed by atoms with van der Waals surface area (Å²) in [4.78, 5) is 4.92. The van der Waals surface area contributed by atoms with Crippen molar-refractivity contribution in [1.29, 1.82) is 0 Å². The number of rotatable bonds is 2. The normalized spacial score (nSPS) is 11.1. The molecular weight excluding hydrogens is 191 g/mol. The zero-order valence-corrected chi connectivity index (χ0v) is 8.64. The molecule has 0 nitrogen and oxygen atoms in total. The summed E-state index contributed by atoms with van der Waals surface area (Å²) >= 11 is -0.687. The molecule has 1 heteroatoms. The molecule has 43 valence electrons. The molecule has 0 aliphatic heterocycles. The summed E-state index contributed by atoms with van der Waals surface area (Å²) in [5, 5.41) is 0. The predicted octanol–water partition coefficient (Wildman–Crippen LogP) is 2.40. The van der Waals surface area contributed by atoms with Crippen molar-refractivity contribution in [3.63, 3.8) is 0 Å². The summed E-state index contributed by atoms with van der Waals surface area (Å²) in [6.45, 7) is 4.63. The van der Waals surface area contributed by atoms with Gasteiger partial charge in [0.2, 0.25) is 0 Å². The number of hydrogen-bond donors (Lipinski definition) is 0. The van der Waals surface area contributed by atoms with Gasteiger partial charge >= 0.3 is 53.8 Å². The molecule has 0 aliphatic carbocycles. The van der Waals surface area contributed by atoms with E-state index in [1.165, 1.54) is 0 Å². The van der Waals surface area contributed by atoms with E-state index in [2.05, 4.69) is 23.7 Å². The van der Waals surface area contributed by atoms with Gasteiger partial charge in [0.15, 0.2) is 0 Å². The van der Waals surface area contributed by atoms with Gasteiger partial charge in [-0.15, -0.1) is 0 Å². The van der Waals surface area contributed by atoms with Crippen molar-refractivity contribution in [2.75, 3.05) is 0 Å². The monoisotopic (exact) mass is 207 g/mol. The van der Waals surface area contributed by atoms with Gasteiger partial charge < -0.3 is 0 Å². The summed E-state index contributed by atoms with van der Waals surface area (Å²) in [6, 6.07) is 0. The van der Waals surface area contributed by atoms with E-state index in [0.29, 0.717) is 0 Å². The first-order valence-corrected chi connectivity index (χ1v) is 10.6. The summed E-state index contributed by atoms with van der Waals surface area (Å²) < 4.78 is 1.56. The Morgan fingerprint density at radius 2 is 1.71 bits per heavy atom. The van der Waals surface area contributed by atoms with Crippen LogP contribution in [-0.4, -0.2) is 19.8 Å². The first-order valence-electron chi connectivity index (χ1n) is 2.92. The standard InChI is InChI=1S/C4H9.2CH3.Sn/c1-4(2)3;;;/h4H,1H2,2-3H3;2*1H3;. The molecule has 0 rings (SSSR count). The van der Waals surface area contributed by atoms with Crippen LogP contribution in [0.4, 0.5) is 0 Å². The second-order valence-corrected chi connectivity index (χ2v) is 10.9. The molecule has 0 aromatic rings. The van der Waals surface area contributed by atoms with E-state index < -0.39 is 19.8 Å². The summed E-state index contributed by atoms with van der Waals surface area (Å²) in [6.07, 6.45) is 0. The molecule has 0 fully saturated rings. The Morgan fingerprint density at radius 3 is 1.71 bits per heavy atom. The van der Waals surface area contributed by atoms with Gasteiger partial charge in [0.25, 0.3) is 0 Å². The first kappa shape index (κ1) is 7.80. The molecule has 0 unspecified atom stereocenters. The van der Waals surface area contributed by atoms with E-state index >= 15 is 0 Å². The maximum absolute atomic E-state index is 2.46. The third-order valence-electron chi connectivity index (χ3n) is 0.816. The van der Waals surface area contributed by atoms with Crippen molar-refractivity contribution < 1.29 is 0 Å². The van der Waals surface area contributed by atoms with Gasteiger partial charge in [-0.25, -0.2) is 0 Å². The predicted molar refractivity (Wildman–Crippen MR) is 37.1 cm³/mol. The third-order valence-corrected chi connectivity index (χ3v) is 5.48. The topological polar surface area (TPSA) is 0 Å². The Morgan fingerprint density at radius 1 is 1.29 bits per heavy atom. The van der Waals surface area contributed by atoms with Gasteiger partial charge in [-0.2, -0.15) is 0 Å². The molecule has 0 amide bonds. The van der Waals surface area contributed by atoms with Crippen LogP contribution in [0.1, 0.15) is 13.8 Å². The Labute approximate surface area is 54.0 Å². The molecule has 0 heterocycles. The van der Waals surface area contributed by atoms with Crippen LogP contribution in [0.25, 0.3) is 0 Å². The van der Waals surface area contributed by atoms with Crippen LogP contribution >= 0.6 is 0 Å². The van der Waals surface area contributed by atoms with Crippen LogP contribution in [0, 0.1) is 5.92 Å². The summed E-state index contributed by atoms with van der Waals surface area (Å²) in [7, 11) is 0. The Bertz CT molecular complexity index is 33.4. The first-order chi connectivity index (χ1) is 3.13. The van der Waals surface area contributed by atoms with Crippen LogP contribution in [0.2, 0.25) is 14.3 Å². The van der Waals surface area contributed by atoms with E-state index in [1.807, 2.05) is 0 Å². The van der Waals surface area contributed by atoms with Crippen molar-refractivity contribution in [2.45, 2.75) is 28.2 Å². The molecule has 0 atom stereocenters. The fraction of sp³-hybridized carbons (Fsp3) is 1.00. The average molecular weight is 206 g/mol. The minimum atomic E-state index is -0.687. The fourth-order valence-corrected chi connectivity index (χ4v) is 5.48. The number of hydrogen-bond acceptors (Lipinski definition) is 0. The van der Waals surface area contributed by atoms with Gasteiger partial charge in [-0.1, -0.05) is 0 Å². The molecule has 0 saturated heterocycles. The second-order valence-electron chi connectivity index (χ2n) is 2.81. The van der Waals surface area contributed by atoms with Crippen LogP contribution in [0.15, 0.2) is 0 Å². The molecular formula is C6H15Sn. The molecule has 0 bridgehead atoms. The van der Waals surface area contributed by atoms with E-state index in [1.54, 1.807) is 4.44 Å². The summed E-state index contributed by atoms with van der Waals surface area (Å²) in [5.74, 6) is 0.962. The van der Waals surface area contributed by atoms with Gasteiger partial charge in [-0.3, -0.25) is 0 Å². The van der Waals surface area contributed by atoms with Gasteiger partial charge in [0.1, 0.15) is 0 Å². The van der Waals surface area contributed by atoms with Crippen molar-refractivity contribution in [3.8, 4) is 0 Å². The van der Waals surface area contributed by atoms with Gasteiger partial charge in [0.05, 0.1) is 0 Å². The van der Waals surface area contributed by atoms with Crippen LogP contribution in [-0.2, 0) is 0 Å². The Balaban J connectivity index is 2.95. The van der Waals surface area contributed by atoms with E-state index in [4.69, 9.17) is 0 Å². The average Bonchev–Trinajstić information content (AvgIpc) is 1.27. The SMILES string of the molecule is CC(C)[CH2][Sn]([CH3])[CH3]. The second kappa shape index (κ2) is 3.76. The summed E-state index contributed by atoms with van der Waals surface area (Å²) in [5.41, 5.74) is 0. The van der Waals surface area contributed by atoms with Crippen molar-refractivity contribution in [3.05, 3.63) is 0 Å². The molecule has 1 radical (unpaired) electrons. The Kier molecular flexibility index (Phi) is 4.19. The van der Waals surface area contributed by atoms with Crippen molar-refractivity contribution in [1.82, 2.24) is 0 Å². The van der Waals surface area contributed by atoms with E-state index in [9.17, 15) is 0 Å². The van der Waals surface area contributed by atoms with E-state index in [-0.39, 0.29) is 0 Å². The Hall–Kier alpha value is 0.799. The fourth-order valence-electron chi connectivity index (χ4n) is 0.816. The molecule has 0 spiro atoms. The molecule has 0 saturated carbocycles. The quantitative estimate of drug-likeness (QED) is 0.608. The molecule has 0 aliphatic rings. The molecule has 7 heavy (non-hydrogen) atoms. The zero-order chi connectivity index (χ0) is 5.86. The zero-order valence-electron chi connectivity index (χ0n) is 5.78. The van der Waals surface area contributed by atoms with Gasteiger partial charge in [-0.05, 0) is 0 Å². The maximum atomic E-state index is 2.46. The van der Waals surface area contributed by atoms with E-state index in [0.717, 1.165) is 5.92 Å². The third kappa shape index (κ3) is 6.80. The molecule has 0 aromatic carbocycles.